The zero-order valence-electron chi connectivity index (χ0n) is 6.47. The van der Waals surface area contributed by atoms with Gasteiger partial charge in [0.05, 0.1) is 12.5 Å². The van der Waals surface area contributed by atoms with Crippen molar-refractivity contribution in [1.29, 1.82) is 5.26 Å². The third-order valence-electron chi connectivity index (χ3n) is 1.38. The lowest BCUT2D eigenvalue weighted by Crippen LogP contribution is -1.93. The molecule has 2 nitrogen and oxygen atoms in total. The van der Waals surface area contributed by atoms with E-state index in [0.29, 0.717) is 5.56 Å². The summed E-state index contributed by atoms with van der Waals surface area (Å²) in [6.45, 7) is 0. The van der Waals surface area contributed by atoms with Crippen LogP contribution < -0.4 is 0 Å². The summed E-state index contributed by atoms with van der Waals surface area (Å²) in [6.07, 6.45) is -2.60. The van der Waals surface area contributed by atoms with Gasteiger partial charge in [-0.2, -0.15) is 5.26 Å². The molecule has 0 unspecified atom stereocenters. The monoisotopic (exact) mass is 202 g/mol. The van der Waals surface area contributed by atoms with Crippen LogP contribution in [0.2, 0.25) is 5.15 Å². The molecule has 0 bridgehead atoms. The molecule has 0 saturated carbocycles. The number of hydrogen-bond donors (Lipinski definition) is 0. The summed E-state index contributed by atoms with van der Waals surface area (Å²) in [5.41, 5.74) is 0.0653. The molecule has 0 radical (unpaired) electrons. The van der Waals surface area contributed by atoms with Gasteiger partial charge in [0.15, 0.2) is 0 Å². The highest BCUT2D eigenvalue weighted by Crippen LogP contribution is 2.20. The molecule has 0 aliphatic rings. The van der Waals surface area contributed by atoms with Gasteiger partial charge in [0.2, 0.25) is 0 Å². The lowest BCUT2D eigenvalue weighted by Gasteiger charge is -2.01. The molecule has 0 saturated heterocycles. The Morgan fingerprint density at radius 3 is 2.77 bits per heavy atom. The third-order valence-corrected chi connectivity index (χ3v) is 1.57. The van der Waals surface area contributed by atoms with Crippen LogP contribution in [0, 0.1) is 11.3 Å². The van der Waals surface area contributed by atoms with E-state index in [-0.39, 0.29) is 11.6 Å². The van der Waals surface area contributed by atoms with Crippen LogP contribution in [0.3, 0.4) is 0 Å². The van der Waals surface area contributed by atoms with Crippen LogP contribution in [0.1, 0.15) is 17.7 Å². The van der Waals surface area contributed by atoms with Gasteiger partial charge in [0.25, 0.3) is 6.43 Å². The van der Waals surface area contributed by atoms with Gasteiger partial charge in [0, 0.05) is 0 Å². The van der Waals surface area contributed by atoms with Crippen molar-refractivity contribution in [2.45, 2.75) is 12.8 Å². The Kier molecular flexibility index (Phi) is 3.15. The van der Waals surface area contributed by atoms with Crippen LogP contribution in [-0.4, -0.2) is 4.98 Å². The second-order valence-corrected chi connectivity index (χ2v) is 2.75. The van der Waals surface area contributed by atoms with Crippen molar-refractivity contribution in [2.75, 3.05) is 0 Å². The molecule has 0 atom stereocenters. The van der Waals surface area contributed by atoms with E-state index in [2.05, 4.69) is 4.98 Å². The highest BCUT2D eigenvalue weighted by atomic mass is 35.5. The summed E-state index contributed by atoms with van der Waals surface area (Å²) in [6, 6.07) is 4.43. The Morgan fingerprint density at radius 2 is 2.23 bits per heavy atom. The molecular weight excluding hydrogens is 198 g/mol. The van der Waals surface area contributed by atoms with Crippen molar-refractivity contribution in [3.8, 4) is 6.07 Å². The van der Waals surface area contributed by atoms with Gasteiger partial charge in [-0.1, -0.05) is 11.6 Å². The molecule has 1 aromatic rings. The zero-order chi connectivity index (χ0) is 9.84. The second-order valence-electron chi connectivity index (χ2n) is 2.36. The van der Waals surface area contributed by atoms with Crippen molar-refractivity contribution < 1.29 is 8.78 Å². The molecule has 13 heavy (non-hydrogen) atoms. The second kappa shape index (κ2) is 4.15. The number of pyridine rings is 1. The number of aromatic nitrogens is 1. The highest BCUT2D eigenvalue weighted by Gasteiger charge is 2.10. The van der Waals surface area contributed by atoms with Crippen molar-refractivity contribution in [3.05, 3.63) is 28.5 Å². The van der Waals surface area contributed by atoms with Crippen LogP contribution in [-0.2, 0) is 6.42 Å². The average molecular weight is 203 g/mol. The minimum absolute atomic E-state index is 0.0111. The highest BCUT2D eigenvalue weighted by molar-refractivity contribution is 6.29. The first kappa shape index (κ1) is 9.87. The first-order chi connectivity index (χ1) is 6.13. The molecular formula is C8H5ClF2N2. The maximum Gasteiger partial charge on any atom is 0.280 e. The van der Waals surface area contributed by atoms with Crippen LogP contribution in [0.4, 0.5) is 8.78 Å². The number of alkyl halides is 2. The normalized spacial score (nSPS) is 10.1. The van der Waals surface area contributed by atoms with Gasteiger partial charge in [0.1, 0.15) is 10.8 Å². The first-order valence-corrected chi connectivity index (χ1v) is 3.82. The summed E-state index contributed by atoms with van der Waals surface area (Å²) in [5.74, 6) is 0. The number of halogens is 3. The van der Waals surface area contributed by atoms with Crippen LogP contribution in [0.5, 0.6) is 0 Å². The molecule has 1 aromatic heterocycles. The molecule has 0 N–H and O–H groups in total. The fourth-order valence-corrected chi connectivity index (χ4v) is 1.12. The number of nitrogens with zero attached hydrogens (tertiary/aromatic N) is 2. The minimum atomic E-state index is -2.66. The minimum Gasteiger partial charge on any atom is -0.235 e. The van der Waals surface area contributed by atoms with E-state index in [9.17, 15) is 8.78 Å². The summed E-state index contributed by atoms with van der Waals surface area (Å²) in [4.78, 5) is 3.42. The fraction of sp³-hybridized carbons (Fsp3) is 0.250. The zero-order valence-corrected chi connectivity index (χ0v) is 7.22. The molecule has 0 fully saturated rings. The van der Waals surface area contributed by atoms with E-state index in [1.807, 2.05) is 6.07 Å². The Morgan fingerprint density at radius 1 is 1.54 bits per heavy atom. The maximum absolute atomic E-state index is 12.2. The van der Waals surface area contributed by atoms with Gasteiger partial charge >= 0.3 is 0 Å². The smallest absolute Gasteiger partial charge is 0.235 e. The van der Waals surface area contributed by atoms with Crippen molar-refractivity contribution in [2.24, 2.45) is 0 Å². The van der Waals surface area contributed by atoms with Crippen molar-refractivity contribution in [3.63, 3.8) is 0 Å². The summed E-state index contributed by atoms with van der Waals surface area (Å²) in [5, 5.41) is 8.33. The lowest BCUT2D eigenvalue weighted by molar-refractivity contribution is 0.146. The van der Waals surface area contributed by atoms with Crippen LogP contribution >= 0.6 is 11.6 Å². The standard InChI is InChI=1S/C8H5ClF2N2/c9-7-4-5(1-2-12)3-6(13-7)8(10)11/h3-4,8H,1H2. The largest absolute Gasteiger partial charge is 0.280 e. The summed E-state index contributed by atoms with van der Waals surface area (Å²) >= 11 is 5.48. The Balaban J connectivity index is 3.05. The number of nitriles is 1. The molecule has 68 valence electrons. The molecule has 0 aliphatic heterocycles. The molecule has 0 aromatic carbocycles. The Bertz CT molecular complexity index is 346. The Hall–Kier alpha value is -1.21. The Labute approximate surface area is 78.8 Å². The van der Waals surface area contributed by atoms with Gasteiger partial charge in [-0.05, 0) is 17.7 Å². The quantitative estimate of drug-likeness (QED) is 0.692. The van der Waals surface area contributed by atoms with Crippen LogP contribution in [0.25, 0.3) is 0 Å². The van der Waals surface area contributed by atoms with E-state index in [4.69, 9.17) is 16.9 Å². The molecule has 5 heteroatoms. The number of rotatable bonds is 2. The van der Waals surface area contributed by atoms with Crippen molar-refractivity contribution >= 4 is 11.6 Å². The molecule has 1 rings (SSSR count). The summed E-state index contributed by atoms with van der Waals surface area (Å²) in [7, 11) is 0. The number of hydrogen-bond acceptors (Lipinski definition) is 2. The predicted octanol–water partition coefficient (Wildman–Crippen LogP) is 2.74. The van der Waals surface area contributed by atoms with E-state index < -0.39 is 12.1 Å². The van der Waals surface area contributed by atoms with E-state index in [1.165, 1.54) is 12.1 Å². The topological polar surface area (TPSA) is 36.7 Å². The molecule has 0 spiro atoms. The van der Waals surface area contributed by atoms with Gasteiger partial charge < -0.3 is 0 Å². The van der Waals surface area contributed by atoms with Gasteiger partial charge in [-0.3, -0.25) is 0 Å². The summed E-state index contributed by atoms with van der Waals surface area (Å²) < 4.78 is 24.3. The van der Waals surface area contributed by atoms with Gasteiger partial charge in [-0.15, -0.1) is 0 Å². The van der Waals surface area contributed by atoms with Crippen LogP contribution in [0.15, 0.2) is 12.1 Å². The first-order valence-electron chi connectivity index (χ1n) is 3.45. The van der Waals surface area contributed by atoms with E-state index >= 15 is 0 Å². The van der Waals surface area contributed by atoms with E-state index in [1.54, 1.807) is 0 Å². The lowest BCUT2D eigenvalue weighted by atomic mass is 10.2. The third kappa shape index (κ3) is 2.63. The van der Waals surface area contributed by atoms with Gasteiger partial charge in [-0.25, -0.2) is 13.8 Å². The van der Waals surface area contributed by atoms with E-state index in [0.717, 1.165) is 0 Å². The SMILES string of the molecule is N#CCc1cc(Cl)nc(C(F)F)c1. The fourth-order valence-electron chi connectivity index (χ4n) is 0.878. The maximum atomic E-state index is 12.2. The predicted molar refractivity (Wildman–Crippen MR) is 43.5 cm³/mol. The molecule has 0 amide bonds. The molecule has 1 heterocycles. The van der Waals surface area contributed by atoms with Crippen molar-refractivity contribution in [1.82, 2.24) is 4.98 Å². The molecule has 0 aliphatic carbocycles. The average Bonchev–Trinajstić information content (AvgIpc) is 2.03.